The summed E-state index contributed by atoms with van der Waals surface area (Å²) in [6, 6.07) is 7.04. The lowest BCUT2D eigenvalue weighted by Crippen LogP contribution is -2.64. The van der Waals surface area contributed by atoms with Crippen molar-refractivity contribution in [2.45, 2.75) is 13.0 Å². The lowest BCUT2D eigenvalue weighted by molar-refractivity contribution is 0.0578. The predicted molar refractivity (Wildman–Crippen MR) is 101 cm³/mol. The summed E-state index contributed by atoms with van der Waals surface area (Å²) in [6.07, 6.45) is 1.76. The summed E-state index contributed by atoms with van der Waals surface area (Å²) in [6.45, 7) is 7.25. The van der Waals surface area contributed by atoms with Gasteiger partial charge in [-0.3, -0.25) is 10.2 Å². The topological polar surface area (TPSA) is 51.7 Å². The Kier molecular flexibility index (Phi) is 4.78. The first-order valence-corrected chi connectivity index (χ1v) is 9.63. The summed E-state index contributed by atoms with van der Waals surface area (Å²) in [7, 11) is 0. The quantitative estimate of drug-likeness (QED) is 0.896. The molecule has 0 radical (unpaired) electrons. The molecule has 2 fully saturated rings. The molecule has 0 aliphatic carbocycles. The fourth-order valence-corrected chi connectivity index (χ4v) is 4.09. The van der Waals surface area contributed by atoms with Crippen LogP contribution in [0.4, 0.5) is 20.0 Å². The molecule has 6 nitrogen and oxygen atoms in total. The minimum atomic E-state index is -0.201. The summed E-state index contributed by atoms with van der Waals surface area (Å²) < 4.78 is 13.0. The number of carbonyl (C=O) groups is 1. The number of carbonyl (C=O) groups excluding carboxylic acids is 1. The molecule has 2 aromatic rings. The van der Waals surface area contributed by atoms with Crippen LogP contribution >= 0.6 is 11.3 Å². The zero-order valence-electron chi connectivity index (χ0n) is 14.7. The first-order valence-electron chi connectivity index (χ1n) is 8.81. The highest BCUT2D eigenvalue weighted by atomic mass is 32.1. The van der Waals surface area contributed by atoms with Gasteiger partial charge in [-0.2, -0.15) is 0 Å². The highest BCUT2D eigenvalue weighted by Gasteiger charge is 2.36. The first-order chi connectivity index (χ1) is 12.6. The van der Waals surface area contributed by atoms with Crippen molar-refractivity contribution in [1.29, 1.82) is 0 Å². The molecule has 138 valence electrons. The number of aromatic nitrogens is 1. The Labute approximate surface area is 156 Å². The molecule has 2 saturated heterocycles. The van der Waals surface area contributed by atoms with Crippen molar-refractivity contribution in [1.82, 2.24) is 14.8 Å². The Morgan fingerprint density at radius 3 is 2.50 bits per heavy atom. The van der Waals surface area contributed by atoms with E-state index >= 15 is 0 Å². The standard InChI is InChI=1S/C18H22FN5OS/c1-13-10-20-17(26-13)21-18(25)24-11-16(12-24)23-8-6-22(7-9-23)15-4-2-14(19)3-5-15/h2-5,10,16H,6-9,11-12H2,1H3,(H,20,21,25). The zero-order chi connectivity index (χ0) is 18.1. The van der Waals surface area contributed by atoms with Crippen LogP contribution in [0.25, 0.3) is 0 Å². The van der Waals surface area contributed by atoms with Crippen LogP contribution in [0.15, 0.2) is 30.5 Å². The third kappa shape index (κ3) is 3.66. The number of amides is 2. The Bertz CT molecular complexity index is 766. The lowest BCUT2D eigenvalue weighted by Gasteiger charge is -2.48. The van der Waals surface area contributed by atoms with Crippen molar-refractivity contribution in [3.05, 3.63) is 41.2 Å². The van der Waals surface area contributed by atoms with Crippen LogP contribution in [0.3, 0.4) is 0 Å². The zero-order valence-corrected chi connectivity index (χ0v) is 15.5. The largest absolute Gasteiger partial charge is 0.369 e. The molecule has 1 aromatic carbocycles. The number of benzene rings is 1. The van der Waals surface area contributed by atoms with Crippen LogP contribution < -0.4 is 10.2 Å². The number of hydrogen-bond acceptors (Lipinski definition) is 5. The number of aryl methyl sites for hydroxylation is 1. The number of halogens is 1. The molecule has 26 heavy (non-hydrogen) atoms. The van der Waals surface area contributed by atoms with Crippen molar-refractivity contribution in [3.63, 3.8) is 0 Å². The van der Waals surface area contributed by atoms with Crippen molar-refractivity contribution >= 4 is 28.2 Å². The van der Waals surface area contributed by atoms with E-state index in [9.17, 15) is 9.18 Å². The fraction of sp³-hybridized carbons (Fsp3) is 0.444. The van der Waals surface area contributed by atoms with E-state index in [1.54, 1.807) is 6.20 Å². The second-order valence-corrected chi connectivity index (χ2v) is 8.00. The first kappa shape index (κ1) is 17.2. The molecule has 2 amide bonds. The van der Waals surface area contributed by atoms with Gasteiger partial charge in [-0.05, 0) is 31.2 Å². The number of nitrogens with one attached hydrogen (secondary N) is 1. The van der Waals surface area contributed by atoms with Crippen molar-refractivity contribution < 1.29 is 9.18 Å². The SMILES string of the molecule is Cc1cnc(NC(=O)N2CC(N3CCN(c4ccc(F)cc4)CC3)C2)s1. The van der Waals surface area contributed by atoms with Crippen LogP contribution in [-0.2, 0) is 0 Å². The fourth-order valence-electron chi connectivity index (χ4n) is 3.43. The normalized spacial score (nSPS) is 18.7. The van der Waals surface area contributed by atoms with E-state index in [2.05, 4.69) is 20.1 Å². The van der Waals surface area contributed by atoms with Crippen LogP contribution in [0.2, 0.25) is 0 Å². The molecule has 8 heteroatoms. The number of urea groups is 1. The summed E-state index contributed by atoms with van der Waals surface area (Å²) in [5.74, 6) is -0.201. The number of nitrogens with zero attached hydrogens (tertiary/aromatic N) is 4. The number of piperazine rings is 1. The highest BCUT2D eigenvalue weighted by Crippen LogP contribution is 2.22. The van der Waals surface area contributed by atoms with Gasteiger partial charge in [0.05, 0.1) is 0 Å². The minimum absolute atomic E-state index is 0.0689. The molecule has 0 spiro atoms. The molecular formula is C18H22FN5OS. The van der Waals surface area contributed by atoms with Crippen molar-refractivity contribution in [2.24, 2.45) is 0 Å². The summed E-state index contributed by atoms with van der Waals surface area (Å²) in [5, 5.41) is 3.51. The maximum atomic E-state index is 13.0. The molecule has 1 aromatic heterocycles. The van der Waals surface area contributed by atoms with Gasteiger partial charge in [0.1, 0.15) is 5.82 Å². The van der Waals surface area contributed by atoms with Crippen LogP contribution in [0.5, 0.6) is 0 Å². The van der Waals surface area contributed by atoms with Gasteiger partial charge < -0.3 is 9.80 Å². The average Bonchev–Trinajstić information content (AvgIpc) is 3.00. The van der Waals surface area contributed by atoms with Crippen LogP contribution in [0, 0.1) is 12.7 Å². The van der Waals surface area contributed by atoms with E-state index in [1.165, 1.54) is 23.5 Å². The molecule has 2 aliphatic heterocycles. The number of anilines is 2. The Morgan fingerprint density at radius 2 is 1.88 bits per heavy atom. The number of likely N-dealkylation sites (tertiary alicyclic amines) is 1. The lowest BCUT2D eigenvalue weighted by atomic mass is 10.1. The molecule has 0 unspecified atom stereocenters. The van der Waals surface area contributed by atoms with Gasteiger partial charge in [-0.1, -0.05) is 0 Å². The molecule has 0 bridgehead atoms. The van der Waals surface area contributed by atoms with Gasteiger partial charge in [-0.25, -0.2) is 14.2 Å². The molecule has 0 saturated carbocycles. The van der Waals surface area contributed by atoms with E-state index in [4.69, 9.17) is 0 Å². The van der Waals surface area contributed by atoms with Crippen molar-refractivity contribution in [3.8, 4) is 0 Å². The van der Waals surface area contributed by atoms with Gasteiger partial charge in [0.15, 0.2) is 5.13 Å². The molecule has 4 rings (SSSR count). The predicted octanol–water partition coefficient (Wildman–Crippen LogP) is 2.63. The van der Waals surface area contributed by atoms with Crippen LogP contribution in [0.1, 0.15) is 4.88 Å². The molecule has 3 heterocycles. The molecule has 2 aliphatic rings. The highest BCUT2D eigenvalue weighted by molar-refractivity contribution is 7.15. The van der Waals surface area contributed by atoms with Crippen molar-refractivity contribution in [2.75, 3.05) is 49.5 Å². The maximum absolute atomic E-state index is 13.0. The molecule has 1 N–H and O–H groups in total. The van der Waals surface area contributed by atoms with E-state index in [0.29, 0.717) is 11.2 Å². The summed E-state index contributed by atoms with van der Waals surface area (Å²) in [5.41, 5.74) is 1.07. The Morgan fingerprint density at radius 1 is 1.19 bits per heavy atom. The monoisotopic (exact) mass is 375 g/mol. The third-order valence-electron chi connectivity index (χ3n) is 5.01. The van der Waals surface area contributed by atoms with Gasteiger partial charge in [0.25, 0.3) is 0 Å². The van der Waals surface area contributed by atoms with Crippen LogP contribution in [-0.4, -0.2) is 66.1 Å². The van der Waals surface area contributed by atoms with E-state index < -0.39 is 0 Å². The number of hydrogen-bond donors (Lipinski definition) is 1. The Hall–Kier alpha value is -2.19. The number of thiazole rings is 1. The smallest absolute Gasteiger partial charge is 0.323 e. The number of rotatable bonds is 3. The minimum Gasteiger partial charge on any atom is -0.369 e. The Balaban J connectivity index is 1.23. The van der Waals surface area contributed by atoms with E-state index in [-0.39, 0.29) is 11.8 Å². The van der Waals surface area contributed by atoms with Gasteiger partial charge in [0.2, 0.25) is 0 Å². The maximum Gasteiger partial charge on any atom is 0.323 e. The molecular weight excluding hydrogens is 353 g/mol. The van der Waals surface area contributed by atoms with Gasteiger partial charge in [-0.15, -0.1) is 11.3 Å². The average molecular weight is 375 g/mol. The van der Waals surface area contributed by atoms with E-state index in [0.717, 1.165) is 49.8 Å². The van der Waals surface area contributed by atoms with Gasteiger partial charge >= 0.3 is 6.03 Å². The van der Waals surface area contributed by atoms with Gasteiger partial charge in [0, 0.05) is 62.1 Å². The van der Waals surface area contributed by atoms with E-state index in [1.807, 2.05) is 24.0 Å². The second-order valence-electron chi connectivity index (χ2n) is 6.76. The molecule has 0 atom stereocenters. The summed E-state index contributed by atoms with van der Waals surface area (Å²) in [4.78, 5) is 24.0. The third-order valence-corrected chi connectivity index (χ3v) is 5.84. The second kappa shape index (κ2) is 7.20. The summed E-state index contributed by atoms with van der Waals surface area (Å²) >= 11 is 1.49.